The lowest BCUT2D eigenvalue weighted by Crippen LogP contribution is -2.12. The number of nitrogens with one attached hydrogen (secondary N) is 1. The fourth-order valence-electron chi connectivity index (χ4n) is 1.60. The monoisotopic (exact) mass is 309 g/mol. The maximum absolute atomic E-state index is 5.93. The van der Waals surface area contributed by atoms with Crippen LogP contribution in [0.25, 0.3) is 0 Å². The van der Waals surface area contributed by atoms with Crippen LogP contribution in [0, 0.1) is 0 Å². The fraction of sp³-hybridized carbons (Fsp3) is 0.143. The van der Waals surface area contributed by atoms with Crippen LogP contribution in [0.15, 0.2) is 53.0 Å². The number of halogens is 2. The predicted molar refractivity (Wildman–Crippen MR) is 76.1 cm³/mol. The second-order valence-corrected chi connectivity index (χ2v) is 5.21. The van der Waals surface area contributed by atoms with E-state index in [1.54, 1.807) is 0 Å². The maximum Gasteiger partial charge on any atom is 0.0409 e. The lowest BCUT2D eigenvalue weighted by atomic mass is 10.2. The zero-order valence-electron chi connectivity index (χ0n) is 9.29. The first-order valence-corrected chi connectivity index (χ1v) is 6.61. The van der Waals surface area contributed by atoms with Gasteiger partial charge in [0.15, 0.2) is 0 Å². The number of hydrogen-bond acceptors (Lipinski definition) is 1. The van der Waals surface area contributed by atoms with Crippen LogP contribution in [0.5, 0.6) is 0 Å². The van der Waals surface area contributed by atoms with Crippen molar-refractivity contribution in [2.45, 2.75) is 13.1 Å². The molecule has 88 valence electrons. The molecule has 0 spiro atoms. The van der Waals surface area contributed by atoms with E-state index in [0.717, 1.165) is 22.6 Å². The highest BCUT2D eigenvalue weighted by Gasteiger charge is 1.95. The second-order valence-electron chi connectivity index (χ2n) is 3.86. The summed E-state index contributed by atoms with van der Waals surface area (Å²) in [7, 11) is 0. The molecule has 2 aromatic carbocycles. The van der Waals surface area contributed by atoms with E-state index in [1.807, 2.05) is 18.2 Å². The summed E-state index contributed by atoms with van der Waals surface area (Å²) in [5, 5.41) is 4.18. The van der Waals surface area contributed by atoms with Gasteiger partial charge in [-0.2, -0.15) is 0 Å². The second kappa shape index (κ2) is 6.20. The Bertz CT molecular complexity index is 482. The van der Waals surface area contributed by atoms with Crippen molar-refractivity contribution in [3.05, 3.63) is 69.2 Å². The largest absolute Gasteiger partial charge is 0.309 e. The van der Waals surface area contributed by atoms with Crippen molar-refractivity contribution in [3.8, 4) is 0 Å². The third kappa shape index (κ3) is 4.15. The number of hydrogen-bond donors (Lipinski definition) is 1. The van der Waals surface area contributed by atoms with Gasteiger partial charge in [-0.15, -0.1) is 0 Å². The smallest absolute Gasteiger partial charge is 0.0409 e. The van der Waals surface area contributed by atoms with E-state index in [4.69, 9.17) is 11.6 Å². The summed E-state index contributed by atoms with van der Waals surface area (Å²) in [4.78, 5) is 0. The Morgan fingerprint density at radius 2 is 1.65 bits per heavy atom. The molecule has 0 fully saturated rings. The quantitative estimate of drug-likeness (QED) is 0.883. The normalized spacial score (nSPS) is 10.5. The summed E-state index contributed by atoms with van der Waals surface area (Å²) >= 11 is 9.35. The molecule has 0 unspecified atom stereocenters. The standard InChI is InChI=1S/C14H13BrClN/c15-13-6-4-11(5-7-13)9-17-10-12-2-1-3-14(16)8-12/h1-8,17H,9-10H2. The first-order valence-electron chi connectivity index (χ1n) is 5.43. The van der Waals surface area contributed by atoms with Crippen molar-refractivity contribution in [2.24, 2.45) is 0 Å². The van der Waals surface area contributed by atoms with Gasteiger partial charge in [0, 0.05) is 22.6 Å². The van der Waals surface area contributed by atoms with Crippen LogP contribution in [-0.2, 0) is 13.1 Å². The van der Waals surface area contributed by atoms with Gasteiger partial charge in [0.25, 0.3) is 0 Å². The lowest BCUT2D eigenvalue weighted by molar-refractivity contribution is 0.693. The van der Waals surface area contributed by atoms with Gasteiger partial charge in [0.2, 0.25) is 0 Å². The Balaban J connectivity index is 1.85. The van der Waals surface area contributed by atoms with E-state index < -0.39 is 0 Å². The van der Waals surface area contributed by atoms with Crippen molar-refractivity contribution >= 4 is 27.5 Å². The average molecular weight is 311 g/mol. The Kier molecular flexibility index (Phi) is 4.60. The van der Waals surface area contributed by atoms with Gasteiger partial charge in [-0.1, -0.05) is 51.8 Å². The van der Waals surface area contributed by atoms with Crippen LogP contribution in [-0.4, -0.2) is 0 Å². The topological polar surface area (TPSA) is 12.0 Å². The van der Waals surface area contributed by atoms with Crippen molar-refractivity contribution in [1.82, 2.24) is 5.32 Å². The summed E-state index contributed by atoms with van der Waals surface area (Å²) in [5.41, 5.74) is 2.48. The average Bonchev–Trinajstić information content (AvgIpc) is 2.32. The summed E-state index contributed by atoms with van der Waals surface area (Å²) in [5.74, 6) is 0. The van der Waals surface area contributed by atoms with E-state index >= 15 is 0 Å². The highest BCUT2D eigenvalue weighted by Crippen LogP contribution is 2.12. The first kappa shape index (κ1) is 12.6. The zero-order chi connectivity index (χ0) is 12.1. The minimum atomic E-state index is 0.785. The Hall–Kier alpha value is -0.830. The van der Waals surface area contributed by atoms with Crippen molar-refractivity contribution in [2.75, 3.05) is 0 Å². The van der Waals surface area contributed by atoms with Gasteiger partial charge < -0.3 is 5.32 Å². The fourth-order valence-corrected chi connectivity index (χ4v) is 2.08. The highest BCUT2D eigenvalue weighted by atomic mass is 79.9. The van der Waals surface area contributed by atoms with Crippen LogP contribution < -0.4 is 5.32 Å². The minimum Gasteiger partial charge on any atom is -0.309 e. The lowest BCUT2D eigenvalue weighted by Gasteiger charge is -2.05. The van der Waals surface area contributed by atoms with E-state index in [2.05, 4.69) is 51.6 Å². The molecule has 0 amide bonds. The molecule has 0 saturated heterocycles. The molecular formula is C14H13BrClN. The summed E-state index contributed by atoms with van der Waals surface area (Å²) in [6.07, 6.45) is 0. The molecule has 3 heteroatoms. The molecule has 0 saturated carbocycles. The Morgan fingerprint density at radius 3 is 2.35 bits per heavy atom. The van der Waals surface area contributed by atoms with Crippen LogP contribution in [0.2, 0.25) is 5.02 Å². The van der Waals surface area contributed by atoms with E-state index in [0.29, 0.717) is 0 Å². The van der Waals surface area contributed by atoms with Gasteiger partial charge in [0.05, 0.1) is 0 Å². The summed E-state index contributed by atoms with van der Waals surface area (Å²) in [6.45, 7) is 1.69. The van der Waals surface area contributed by atoms with Crippen molar-refractivity contribution < 1.29 is 0 Å². The van der Waals surface area contributed by atoms with Gasteiger partial charge >= 0.3 is 0 Å². The third-order valence-corrected chi connectivity index (χ3v) is 3.22. The molecule has 0 aliphatic heterocycles. The summed E-state index contributed by atoms with van der Waals surface area (Å²) in [6, 6.07) is 16.2. The Labute approximate surface area is 115 Å². The van der Waals surface area contributed by atoms with Gasteiger partial charge in [0.1, 0.15) is 0 Å². The molecule has 0 aromatic heterocycles. The van der Waals surface area contributed by atoms with Crippen molar-refractivity contribution in [3.63, 3.8) is 0 Å². The third-order valence-electron chi connectivity index (χ3n) is 2.46. The highest BCUT2D eigenvalue weighted by molar-refractivity contribution is 9.10. The molecule has 1 N–H and O–H groups in total. The van der Waals surface area contributed by atoms with Gasteiger partial charge in [-0.3, -0.25) is 0 Å². The molecule has 0 aliphatic carbocycles. The predicted octanol–water partition coefficient (Wildman–Crippen LogP) is 4.39. The van der Waals surface area contributed by atoms with E-state index in [9.17, 15) is 0 Å². The molecule has 0 bridgehead atoms. The molecule has 2 aromatic rings. The molecule has 0 radical (unpaired) electrons. The SMILES string of the molecule is Clc1cccc(CNCc2ccc(Br)cc2)c1. The zero-order valence-corrected chi connectivity index (χ0v) is 11.6. The van der Waals surface area contributed by atoms with E-state index in [-0.39, 0.29) is 0 Å². The number of rotatable bonds is 4. The first-order chi connectivity index (χ1) is 8.24. The van der Waals surface area contributed by atoms with E-state index in [1.165, 1.54) is 11.1 Å². The Morgan fingerprint density at radius 1 is 0.941 bits per heavy atom. The number of benzene rings is 2. The van der Waals surface area contributed by atoms with Gasteiger partial charge in [-0.05, 0) is 35.4 Å². The minimum absolute atomic E-state index is 0.785. The molecule has 17 heavy (non-hydrogen) atoms. The van der Waals surface area contributed by atoms with Crippen LogP contribution in [0.1, 0.15) is 11.1 Å². The molecule has 0 atom stereocenters. The van der Waals surface area contributed by atoms with Crippen LogP contribution in [0.3, 0.4) is 0 Å². The molecule has 1 nitrogen and oxygen atoms in total. The van der Waals surface area contributed by atoms with Crippen LogP contribution >= 0.6 is 27.5 Å². The molecule has 0 heterocycles. The maximum atomic E-state index is 5.93. The summed E-state index contributed by atoms with van der Waals surface area (Å²) < 4.78 is 1.11. The molecule has 0 aliphatic rings. The molecule has 2 rings (SSSR count). The van der Waals surface area contributed by atoms with Gasteiger partial charge in [-0.25, -0.2) is 0 Å². The van der Waals surface area contributed by atoms with Crippen molar-refractivity contribution in [1.29, 1.82) is 0 Å². The molecular weight excluding hydrogens is 298 g/mol. The van der Waals surface area contributed by atoms with Crippen LogP contribution in [0.4, 0.5) is 0 Å².